The van der Waals surface area contributed by atoms with Crippen molar-refractivity contribution in [1.29, 1.82) is 0 Å². The molecule has 31 heavy (non-hydrogen) atoms. The lowest BCUT2D eigenvalue weighted by Crippen LogP contribution is -2.27. The van der Waals surface area contributed by atoms with Crippen LogP contribution in [0.15, 0.2) is 12.3 Å². The summed E-state index contributed by atoms with van der Waals surface area (Å²) in [5.41, 5.74) is 0.428. The molecule has 0 radical (unpaired) electrons. The molecule has 0 atom stereocenters. The molecule has 1 heterocycles. The number of hydrogen-bond acceptors (Lipinski definition) is 3. The Labute approximate surface area is 189 Å². The highest BCUT2D eigenvalue weighted by atomic mass is 16.4. The number of hydrogen-bond donors (Lipinski definition) is 2. The van der Waals surface area contributed by atoms with Crippen molar-refractivity contribution in [3.63, 3.8) is 0 Å². The molecule has 1 rings (SSSR count). The van der Waals surface area contributed by atoms with Gasteiger partial charge in [0.05, 0.1) is 13.0 Å². The number of nitrogens with zero attached hydrogens (tertiary/aromatic N) is 2. The van der Waals surface area contributed by atoms with Crippen LogP contribution in [0.4, 0.5) is 0 Å². The number of rotatable bonds is 21. The number of carboxylic acids is 1. The minimum absolute atomic E-state index is 0.0406. The average Bonchev–Trinajstić information content (AvgIpc) is 3.23. The smallest absolute Gasteiger partial charge is 0.305 e. The molecule has 6 nitrogen and oxygen atoms in total. The number of aromatic nitrogens is 2. The molecular weight excluding hydrogens is 390 g/mol. The van der Waals surface area contributed by atoms with Gasteiger partial charge in [-0.15, -0.1) is 0 Å². The largest absolute Gasteiger partial charge is 0.481 e. The fourth-order valence-electron chi connectivity index (χ4n) is 3.87. The van der Waals surface area contributed by atoms with Gasteiger partial charge in [-0.25, -0.2) is 0 Å². The van der Waals surface area contributed by atoms with Gasteiger partial charge in [0.2, 0.25) is 0 Å². The lowest BCUT2D eigenvalue weighted by molar-refractivity contribution is -0.137. The maximum Gasteiger partial charge on any atom is 0.305 e. The Morgan fingerprint density at radius 1 is 0.839 bits per heavy atom. The van der Waals surface area contributed by atoms with Crippen LogP contribution >= 0.6 is 0 Å². The van der Waals surface area contributed by atoms with Gasteiger partial charge >= 0.3 is 5.97 Å². The molecule has 0 saturated carbocycles. The van der Waals surface area contributed by atoms with Crippen molar-refractivity contribution in [2.45, 2.75) is 123 Å². The number of nitrogens with one attached hydrogen (secondary N) is 1. The third-order valence-corrected chi connectivity index (χ3v) is 5.80. The summed E-state index contributed by atoms with van der Waals surface area (Å²) in [5, 5.41) is 15.7. The van der Waals surface area contributed by atoms with Crippen LogP contribution < -0.4 is 5.32 Å². The molecule has 0 saturated heterocycles. The Hall–Kier alpha value is -1.85. The zero-order valence-electron chi connectivity index (χ0n) is 19.7. The van der Waals surface area contributed by atoms with Crippen LogP contribution in [0.2, 0.25) is 0 Å². The summed E-state index contributed by atoms with van der Waals surface area (Å²) in [6.45, 7) is 3.14. The van der Waals surface area contributed by atoms with E-state index in [-0.39, 0.29) is 18.9 Å². The van der Waals surface area contributed by atoms with E-state index in [2.05, 4.69) is 17.3 Å². The van der Waals surface area contributed by atoms with Gasteiger partial charge in [0.1, 0.15) is 5.69 Å². The molecule has 1 aromatic heterocycles. The standard InChI is InChI=1S/C25H45N3O3/c1-2-3-4-5-6-7-8-9-10-11-12-13-14-15-16-17-20-26-25(31)23-18-21-27-28(23)22-19-24(29)30/h18,21H,2-17,19-20,22H2,1H3,(H,26,31)(H,29,30). The molecule has 0 aromatic carbocycles. The highest BCUT2D eigenvalue weighted by Gasteiger charge is 2.12. The Morgan fingerprint density at radius 2 is 1.32 bits per heavy atom. The van der Waals surface area contributed by atoms with E-state index in [0.717, 1.165) is 12.8 Å². The zero-order chi connectivity index (χ0) is 22.6. The molecule has 0 aliphatic heterocycles. The SMILES string of the molecule is CCCCCCCCCCCCCCCCCCNC(=O)c1ccnn1CCC(=O)O. The van der Waals surface area contributed by atoms with E-state index in [1.165, 1.54) is 101 Å². The quantitative estimate of drug-likeness (QED) is 0.220. The third kappa shape index (κ3) is 14.7. The van der Waals surface area contributed by atoms with E-state index in [0.29, 0.717) is 12.2 Å². The fraction of sp³-hybridized carbons (Fsp3) is 0.800. The van der Waals surface area contributed by atoms with E-state index in [9.17, 15) is 9.59 Å². The van der Waals surface area contributed by atoms with Crippen LogP contribution in [0.5, 0.6) is 0 Å². The molecule has 2 N–H and O–H groups in total. The van der Waals surface area contributed by atoms with Crippen molar-refractivity contribution in [3.05, 3.63) is 18.0 Å². The maximum atomic E-state index is 12.2. The lowest BCUT2D eigenvalue weighted by Gasteiger charge is -2.07. The van der Waals surface area contributed by atoms with Crippen molar-refractivity contribution in [1.82, 2.24) is 15.1 Å². The number of carbonyl (C=O) groups excluding carboxylic acids is 1. The summed E-state index contributed by atoms with van der Waals surface area (Å²) in [4.78, 5) is 22.9. The first kappa shape index (κ1) is 27.2. The van der Waals surface area contributed by atoms with Crippen molar-refractivity contribution >= 4 is 11.9 Å². The van der Waals surface area contributed by atoms with E-state index in [1.54, 1.807) is 6.07 Å². The van der Waals surface area contributed by atoms with E-state index in [4.69, 9.17) is 5.11 Å². The lowest BCUT2D eigenvalue weighted by atomic mass is 10.0. The molecule has 178 valence electrons. The third-order valence-electron chi connectivity index (χ3n) is 5.80. The second-order valence-corrected chi connectivity index (χ2v) is 8.64. The minimum atomic E-state index is -0.893. The predicted molar refractivity (Wildman–Crippen MR) is 126 cm³/mol. The van der Waals surface area contributed by atoms with Crippen molar-refractivity contribution in [2.24, 2.45) is 0 Å². The first-order chi connectivity index (χ1) is 15.1. The molecule has 0 aliphatic carbocycles. The molecule has 1 amide bonds. The van der Waals surface area contributed by atoms with Gasteiger partial charge in [0, 0.05) is 12.7 Å². The van der Waals surface area contributed by atoms with Gasteiger partial charge in [0.25, 0.3) is 5.91 Å². The molecule has 6 heteroatoms. The number of amides is 1. The van der Waals surface area contributed by atoms with Gasteiger partial charge < -0.3 is 10.4 Å². The molecule has 0 unspecified atom stereocenters. The van der Waals surface area contributed by atoms with Gasteiger partial charge in [0.15, 0.2) is 0 Å². The van der Waals surface area contributed by atoms with E-state index >= 15 is 0 Å². The fourth-order valence-corrected chi connectivity index (χ4v) is 3.87. The van der Waals surface area contributed by atoms with Crippen LogP contribution in [0.25, 0.3) is 0 Å². The molecule has 0 aliphatic rings. The Balaban J connectivity index is 1.88. The van der Waals surface area contributed by atoms with Gasteiger partial charge in [-0.1, -0.05) is 103 Å². The van der Waals surface area contributed by atoms with Crippen LogP contribution in [-0.4, -0.2) is 33.3 Å². The summed E-state index contributed by atoms with van der Waals surface area (Å²) in [7, 11) is 0. The second kappa shape index (κ2) is 18.9. The Bertz CT molecular complexity index is 586. The summed E-state index contributed by atoms with van der Waals surface area (Å²) < 4.78 is 1.46. The highest BCUT2D eigenvalue weighted by Crippen LogP contribution is 2.13. The summed E-state index contributed by atoms with van der Waals surface area (Å²) in [6, 6.07) is 1.63. The molecular formula is C25H45N3O3. The van der Waals surface area contributed by atoms with E-state index in [1.807, 2.05) is 0 Å². The Kier molecular flexibility index (Phi) is 16.6. The maximum absolute atomic E-state index is 12.2. The molecule has 0 bridgehead atoms. The van der Waals surface area contributed by atoms with Crippen LogP contribution in [-0.2, 0) is 11.3 Å². The number of aryl methyl sites for hydroxylation is 1. The summed E-state index contributed by atoms with van der Waals surface area (Å²) in [5.74, 6) is -1.07. The summed E-state index contributed by atoms with van der Waals surface area (Å²) >= 11 is 0. The van der Waals surface area contributed by atoms with Crippen molar-refractivity contribution in [2.75, 3.05) is 6.54 Å². The van der Waals surface area contributed by atoms with Crippen LogP contribution in [0.3, 0.4) is 0 Å². The predicted octanol–water partition coefficient (Wildman–Crippen LogP) is 6.35. The minimum Gasteiger partial charge on any atom is -0.481 e. The monoisotopic (exact) mass is 435 g/mol. The van der Waals surface area contributed by atoms with Crippen molar-refractivity contribution < 1.29 is 14.7 Å². The highest BCUT2D eigenvalue weighted by molar-refractivity contribution is 5.92. The number of unbranched alkanes of at least 4 members (excludes halogenated alkanes) is 15. The topological polar surface area (TPSA) is 84.2 Å². The zero-order valence-corrected chi connectivity index (χ0v) is 19.7. The second-order valence-electron chi connectivity index (χ2n) is 8.64. The number of carbonyl (C=O) groups is 2. The first-order valence-corrected chi connectivity index (χ1v) is 12.7. The van der Waals surface area contributed by atoms with Crippen LogP contribution in [0, 0.1) is 0 Å². The normalized spacial score (nSPS) is 11.0. The average molecular weight is 436 g/mol. The summed E-state index contributed by atoms with van der Waals surface area (Å²) in [6.07, 6.45) is 22.8. The first-order valence-electron chi connectivity index (χ1n) is 12.7. The van der Waals surface area contributed by atoms with Crippen molar-refractivity contribution in [3.8, 4) is 0 Å². The molecule has 1 aromatic rings. The Morgan fingerprint density at radius 3 is 1.81 bits per heavy atom. The van der Waals surface area contributed by atoms with Gasteiger partial charge in [-0.3, -0.25) is 14.3 Å². The number of aliphatic carboxylic acids is 1. The van der Waals surface area contributed by atoms with Gasteiger partial charge in [-0.05, 0) is 12.5 Å². The van der Waals surface area contributed by atoms with Crippen LogP contribution in [0.1, 0.15) is 127 Å². The van der Waals surface area contributed by atoms with E-state index < -0.39 is 5.97 Å². The molecule has 0 spiro atoms. The molecule has 0 fully saturated rings. The number of carboxylic acid groups (broad SMARTS) is 1. The van der Waals surface area contributed by atoms with Gasteiger partial charge in [-0.2, -0.15) is 5.10 Å².